The van der Waals surface area contributed by atoms with Crippen LogP contribution in [0, 0.1) is 11.5 Å². The molecule has 0 saturated carbocycles. The number of halogens is 1. The summed E-state index contributed by atoms with van der Waals surface area (Å²) in [5, 5.41) is 12.3. The highest BCUT2D eigenvalue weighted by Gasteiger charge is 2.33. The second-order valence-electron chi connectivity index (χ2n) is 5.37. The molecule has 1 aliphatic heterocycles. The Bertz CT molecular complexity index is 769. The molecule has 0 N–H and O–H groups in total. The predicted octanol–water partition coefficient (Wildman–Crippen LogP) is 3.37. The fraction of sp³-hybridized carbons (Fsp3) is 0.312. The van der Waals surface area contributed by atoms with Crippen molar-refractivity contribution in [2.24, 2.45) is 0 Å². The average molecular weight is 347 g/mol. The summed E-state index contributed by atoms with van der Waals surface area (Å²) in [4.78, 5) is 20.2. The van der Waals surface area contributed by atoms with Gasteiger partial charge in [-0.3, -0.25) is 14.6 Å². The van der Waals surface area contributed by atoms with E-state index >= 15 is 0 Å². The van der Waals surface area contributed by atoms with Gasteiger partial charge in [-0.2, -0.15) is 5.26 Å². The van der Waals surface area contributed by atoms with Gasteiger partial charge in [0.05, 0.1) is 5.69 Å². The van der Waals surface area contributed by atoms with Crippen LogP contribution in [-0.4, -0.2) is 35.4 Å². The molecule has 1 atom stereocenters. The number of likely N-dealkylation sites (N-methyl/N-ethyl adjacent to an activating group) is 1. The first-order valence-corrected chi connectivity index (χ1v) is 8.51. The van der Waals surface area contributed by atoms with Crippen molar-refractivity contribution in [3.8, 4) is 17.5 Å². The third kappa shape index (κ3) is 3.16. The van der Waals surface area contributed by atoms with E-state index in [-0.39, 0.29) is 11.9 Å². The molecule has 1 unspecified atom stereocenters. The number of hydrogen-bond donors (Lipinski definition) is 0. The second kappa shape index (κ2) is 6.57. The maximum Gasteiger partial charge on any atom is 0.251 e. The summed E-state index contributed by atoms with van der Waals surface area (Å²) in [7, 11) is 1.71. The van der Waals surface area contributed by atoms with Crippen LogP contribution in [0.15, 0.2) is 29.6 Å². The lowest BCUT2D eigenvalue weighted by atomic mass is 10.2. The molecular weight excluding hydrogens is 332 g/mol. The van der Waals surface area contributed by atoms with E-state index in [1.54, 1.807) is 16.8 Å². The predicted molar refractivity (Wildman–Crippen MR) is 91.3 cm³/mol. The van der Waals surface area contributed by atoms with Crippen molar-refractivity contribution in [3.63, 3.8) is 0 Å². The van der Waals surface area contributed by atoms with E-state index in [1.807, 2.05) is 29.6 Å². The molecule has 1 amide bonds. The molecule has 2 heterocycles. The molecule has 23 heavy (non-hydrogen) atoms. The van der Waals surface area contributed by atoms with Gasteiger partial charge in [0.15, 0.2) is 11.3 Å². The number of hydrogen-bond acceptors (Lipinski definition) is 5. The third-order valence-electron chi connectivity index (χ3n) is 3.90. The Morgan fingerprint density at radius 2 is 2.39 bits per heavy atom. The van der Waals surface area contributed by atoms with Crippen LogP contribution in [0.3, 0.4) is 0 Å². The molecule has 5 nitrogen and oxygen atoms in total. The maximum absolute atomic E-state index is 12.6. The quantitative estimate of drug-likeness (QED) is 0.799. The SMILES string of the molecule is CN(C(=O)C1CCCN1C#N)c1nc(-c2cccc(Cl)c2)cs1. The van der Waals surface area contributed by atoms with Crippen molar-refractivity contribution >= 4 is 34.0 Å². The van der Waals surface area contributed by atoms with Crippen LogP contribution in [-0.2, 0) is 4.79 Å². The van der Waals surface area contributed by atoms with Gasteiger partial charge in [-0.1, -0.05) is 23.7 Å². The molecule has 3 rings (SSSR count). The van der Waals surface area contributed by atoms with Crippen LogP contribution in [0.2, 0.25) is 5.02 Å². The molecule has 1 aromatic carbocycles. The first-order chi connectivity index (χ1) is 11.1. The van der Waals surface area contributed by atoms with Crippen LogP contribution in [0.1, 0.15) is 12.8 Å². The Labute approximate surface area is 143 Å². The fourth-order valence-corrected chi connectivity index (χ4v) is 3.65. The highest BCUT2D eigenvalue weighted by Crippen LogP contribution is 2.29. The Morgan fingerprint density at radius 3 is 3.13 bits per heavy atom. The van der Waals surface area contributed by atoms with Gasteiger partial charge in [-0.15, -0.1) is 11.3 Å². The molecule has 1 aromatic heterocycles. The van der Waals surface area contributed by atoms with E-state index in [0.29, 0.717) is 23.1 Å². The summed E-state index contributed by atoms with van der Waals surface area (Å²) in [5.74, 6) is -0.0870. The van der Waals surface area contributed by atoms with E-state index < -0.39 is 0 Å². The minimum absolute atomic E-state index is 0.0870. The Hall–Kier alpha value is -2.10. The van der Waals surface area contributed by atoms with Crippen molar-refractivity contribution in [1.82, 2.24) is 9.88 Å². The Morgan fingerprint density at radius 1 is 1.57 bits per heavy atom. The first-order valence-electron chi connectivity index (χ1n) is 7.25. The van der Waals surface area contributed by atoms with E-state index in [2.05, 4.69) is 11.2 Å². The summed E-state index contributed by atoms with van der Waals surface area (Å²) in [6.45, 7) is 0.645. The molecular formula is C16H15ClN4OS. The fourth-order valence-electron chi connectivity index (χ4n) is 2.66. The second-order valence-corrected chi connectivity index (χ2v) is 6.65. The molecule has 1 fully saturated rings. The molecule has 1 aliphatic rings. The van der Waals surface area contributed by atoms with Gasteiger partial charge in [-0.05, 0) is 25.0 Å². The number of benzene rings is 1. The van der Waals surface area contributed by atoms with Crippen LogP contribution >= 0.6 is 22.9 Å². The number of nitriles is 1. The van der Waals surface area contributed by atoms with Gasteiger partial charge in [0, 0.05) is 29.6 Å². The van der Waals surface area contributed by atoms with Crippen molar-refractivity contribution in [3.05, 3.63) is 34.7 Å². The van der Waals surface area contributed by atoms with Crippen LogP contribution in [0.25, 0.3) is 11.3 Å². The molecule has 118 valence electrons. The van der Waals surface area contributed by atoms with Gasteiger partial charge in [0.25, 0.3) is 5.91 Å². The highest BCUT2D eigenvalue weighted by molar-refractivity contribution is 7.14. The van der Waals surface area contributed by atoms with Crippen LogP contribution in [0.4, 0.5) is 5.13 Å². The minimum atomic E-state index is -0.372. The van der Waals surface area contributed by atoms with Crippen molar-refractivity contribution in [2.75, 3.05) is 18.5 Å². The first kappa shape index (κ1) is 15.8. The largest absolute Gasteiger partial charge is 0.298 e. The minimum Gasteiger partial charge on any atom is -0.298 e. The number of carbonyl (C=O) groups excluding carboxylic acids is 1. The molecule has 2 aromatic rings. The van der Waals surface area contributed by atoms with Gasteiger partial charge < -0.3 is 0 Å². The zero-order valence-corrected chi connectivity index (χ0v) is 14.1. The van der Waals surface area contributed by atoms with E-state index in [9.17, 15) is 4.79 Å². The molecule has 0 radical (unpaired) electrons. The average Bonchev–Trinajstić information content (AvgIpc) is 3.22. The number of anilines is 1. The van der Waals surface area contributed by atoms with E-state index in [0.717, 1.165) is 17.7 Å². The van der Waals surface area contributed by atoms with Gasteiger partial charge >= 0.3 is 0 Å². The molecule has 7 heteroatoms. The smallest absolute Gasteiger partial charge is 0.251 e. The Kier molecular flexibility index (Phi) is 4.51. The summed E-state index contributed by atoms with van der Waals surface area (Å²) < 4.78 is 0. The van der Waals surface area contributed by atoms with Gasteiger partial charge in [0.1, 0.15) is 6.04 Å². The summed E-state index contributed by atoms with van der Waals surface area (Å²) in [5.41, 5.74) is 1.70. The van der Waals surface area contributed by atoms with Crippen molar-refractivity contribution in [1.29, 1.82) is 5.26 Å². The molecule has 0 bridgehead atoms. The zero-order valence-electron chi connectivity index (χ0n) is 12.6. The van der Waals surface area contributed by atoms with Crippen LogP contribution in [0.5, 0.6) is 0 Å². The van der Waals surface area contributed by atoms with Gasteiger partial charge in [-0.25, -0.2) is 4.98 Å². The maximum atomic E-state index is 12.6. The van der Waals surface area contributed by atoms with E-state index in [1.165, 1.54) is 11.3 Å². The lowest BCUT2D eigenvalue weighted by molar-refractivity contribution is -0.121. The Balaban J connectivity index is 1.80. The number of thiazole rings is 1. The van der Waals surface area contributed by atoms with Crippen LogP contribution < -0.4 is 4.90 Å². The topological polar surface area (TPSA) is 60.2 Å². The van der Waals surface area contributed by atoms with Crippen molar-refractivity contribution in [2.45, 2.75) is 18.9 Å². The van der Waals surface area contributed by atoms with E-state index in [4.69, 9.17) is 16.9 Å². The number of amides is 1. The summed E-state index contributed by atoms with van der Waals surface area (Å²) in [6, 6.07) is 7.08. The molecule has 0 spiro atoms. The van der Waals surface area contributed by atoms with Crippen molar-refractivity contribution < 1.29 is 4.79 Å². The lowest BCUT2D eigenvalue weighted by Gasteiger charge is -2.22. The summed E-state index contributed by atoms with van der Waals surface area (Å²) >= 11 is 7.41. The number of aromatic nitrogens is 1. The number of likely N-dealkylation sites (tertiary alicyclic amines) is 1. The summed E-state index contributed by atoms with van der Waals surface area (Å²) in [6.07, 6.45) is 3.67. The standard InChI is InChI=1S/C16H15ClN4OS/c1-20(15(22)14-6-3-7-21(14)10-18)16-19-13(9-23-16)11-4-2-5-12(17)8-11/h2,4-5,8-9,14H,3,6-7H2,1H3. The van der Waals surface area contributed by atoms with Gasteiger partial charge in [0.2, 0.25) is 0 Å². The zero-order chi connectivity index (χ0) is 16.4. The number of rotatable bonds is 3. The molecule has 1 saturated heterocycles. The number of carbonyl (C=O) groups is 1. The molecule has 0 aliphatic carbocycles. The lowest BCUT2D eigenvalue weighted by Crippen LogP contribution is -2.42. The highest BCUT2D eigenvalue weighted by atomic mass is 35.5. The monoisotopic (exact) mass is 346 g/mol. The third-order valence-corrected chi connectivity index (χ3v) is 5.05. The number of nitrogens with zero attached hydrogens (tertiary/aromatic N) is 4. The normalized spacial score (nSPS) is 17.1.